The molecule has 1 aromatic rings. The Morgan fingerprint density at radius 1 is 0.880 bits per heavy atom. The van der Waals surface area contributed by atoms with E-state index >= 15 is 0 Å². The summed E-state index contributed by atoms with van der Waals surface area (Å²) in [6.07, 6.45) is -11.6. The number of anilines is 1. The molecule has 1 unspecified atom stereocenters. The number of rotatable bonds is 6. The van der Waals surface area contributed by atoms with Crippen molar-refractivity contribution in [3.8, 4) is 0 Å². The fourth-order valence-corrected chi connectivity index (χ4v) is 2.07. The zero-order valence-corrected chi connectivity index (χ0v) is 12.9. The molecule has 0 amide bonds. The predicted octanol–water partition coefficient (Wildman–Crippen LogP) is 4.64. The van der Waals surface area contributed by atoms with Crippen molar-refractivity contribution in [2.24, 2.45) is 0 Å². The van der Waals surface area contributed by atoms with Gasteiger partial charge in [-0.05, 0) is 6.07 Å². The van der Waals surface area contributed by atoms with E-state index < -0.39 is 36.5 Å². The molecular weight excluding hydrogens is 369 g/mol. The lowest BCUT2D eigenvalue weighted by Crippen LogP contribution is -2.61. The first-order chi connectivity index (χ1) is 11.1. The molecule has 2 nitrogen and oxygen atoms in total. The highest BCUT2D eigenvalue weighted by Gasteiger charge is 2.81. The number of alkyl halides is 9. The smallest absolute Gasteiger partial charge is 0.388 e. The van der Waals surface area contributed by atoms with Crippen LogP contribution < -0.4 is 4.90 Å². The third-order valence-corrected chi connectivity index (χ3v) is 3.44. The zero-order chi connectivity index (χ0) is 19.8. The standard InChI is InChI=1S/C14H14F9NO/c1-24(2)9-6-4-3-5-8(9)10(25)7-11(15,16)12(17,18)13(19,20)14(21,22)23/h3-6,10,25H,7H2,1-2H3. The third kappa shape index (κ3) is 3.80. The average Bonchev–Trinajstić information content (AvgIpc) is 2.45. The normalized spacial score (nSPS) is 15.2. The topological polar surface area (TPSA) is 23.5 Å². The molecule has 0 spiro atoms. The number of benzene rings is 1. The van der Waals surface area contributed by atoms with Gasteiger partial charge in [0.25, 0.3) is 0 Å². The van der Waals surface area contributed by atoms with Gasteiger partial charge in [0.15, 0.2) is 0 Å². The minimum atomic E-state index is -6.97. The van der Waals surface area contributed by atoms with Crippen molar-refractivity contribution in [2.45, 2.75) is 36.5 Å². The van der Waals surface area contributed by atoms with Gasteiger partial charge in [0, 0.05) is 31.8 Å². The minimum Gasteiger partial charge on any atom is -0.388 e. The number of hydrogen-bond acceptors (Lipinski definition) is 2. The summed E-state index contributed by atoms with van der Waals surface area (Å²) < 4.78 is 116. The van der Waals surface area contributed by atoms with E-state index in [2.05, 4.69) is 0 Å². The number of aliphatic hydroxyl groups excluding tert-OH is 1. The molecular formula is C14H14F9NO. The molecule has 0 saturated heterocycles. The predicted molar refractivity (Wildman–Crippen MR) is 71.2 cm³/mol. The van der Waals surface area contributed by atoms with E-state index in [-0.39, 0.29) is 11.3 Å². The number of nitrogens with zero attached hydrogens (tertiary/aromatic N) is 1. The lowest BCUT2D eigenvalue weighted by atomic mass is 9.94. The largest absolute Gasteiger partial charge is 0.460 e. The van der Waals surface area contributed by atoms with E-state index in [1.54, 1.807) is 0 Å². The van der Waals surface area contributed by atoms with Crippen LogP contribution >= 0.6 is 0 Å². The Labute approximate surface area is 136 Å². The van der Waals surface area contributed by atoms with Crippen molar-refractivity contribution in [2.75, 3.05) is 19.0 Å². The first-order valence-corrected chi connectivity index (χ1v) is 6.70. The SMILES string of the molecule is CN(C)c1ccccc1C(O)CC(F)(F)C(F)(F)C(F)(F)C(F)(F)F. The molecule has 1 N–H and O–H groups in total. The third-order valence-electron chi connectivity index (χ3n) is 3.44. The molecule has 0 radical (unpaired) electrons. The van der Waals surface area contributed by atoms with Crippen molar-refractivity contribution < 1.29 is 44.6 Å². The van der Waals surface area contributed by atoms with Gasteiger partial charge in [-0.3, -0.25) is 0 Å². The molecule has 0 heterocycles. The van der Waals surface area contributed by atoms with Crippen LogP contribution in [0, 0.1) is 0 Å². The molecule has 11 heteroatoms. The van der Waals surface area contributed by atoms with Gasteiger partial charge in [0.2, 0.25) is 0 Å². The lowest BCUT2D eigenvalue weighted by Gasteiger charge is -2.34. The van der Waals surface area contributed by atoms with Crippen LogP contribution in [0.25, 0.3) is 0 Å². The van der Waals surface area contributed by atoms with E-state index in [4.69, 9.17) is 0 Å². The van der Waals surface area contributed by atoms with E-state index in [9.17, 15) is 44.6 Å². The summed E-state index contributed by atoms with van der Waals surface area (Å²) >= 11 is 0. The Hall–Kier alpha value is -1.65. The fraction of sp³-hybridized carbons (Fsp3) is 0.571. The Morgan fingerprint density at radius 3 is 1.80 bits per heavy atom. The second kappa shape index (κ2) is 6.58. The maximum Gasteiger partial charge on any atom is 0.460 e. The first kappa shape index (κ1) is 21.4. The molecule has 0 aromatic heterocycles. The monoisotopic (exact) mass is 383 g/mol. The van der Waals surface area contributed by atoms with Crippen LogP contribution in [0.3, 0.4) is 0 Å². The molecule has 0 fully saturated rings. The molecule has 0 aliphatic rings. The lowest BCUT2D eigenvalue weighted by molar-refractivity contribution is -0.398. The van der Waals surface area contributed by atoms with Crippen LogP contribution in [0.15, 0.2) is 24.3 Å². The second-order valence-corrected chi connectivity index (χ2v) is 5.52. The number of aliphatic hydroxyl groups is 1. The van der Waals surface area contributed by atoms with Gasteiger partial charge in [-0.25, -0.2) is 0 Å². The van der Waals surface area contributed by atoms with Crippen LogP contribution in [-0.4, -0.2) is 43.1 Å². The Bertz CT molecular complexity index is 598. The van der Waals surface area contributed by atoms with Gasteiger partial charge < -0.3 is 10.0 Å². The van der Waals surface area contributed by atoms with Crippen molar-refractivity contribution in [1.29, 1.82) is 0 Å². The first-order valence-electron chi connectivity index (χ1n) is 6.70. The molecule has 1 aromatic carbocycles. The molecule has 0 aliphatic heterocycles. The van der Waals surface area contributed by atoms with Crippen LogP contribution in [0.5, 0.6) is 0 Å². The number of halogens is 9. The Balaban J connectivity index is 3.20. The highest BCUT2D eigenvalue weighted by atomic mass is 19.4. The van der Waals surface area contributed by atoms with E-state index in [0.717, 1.165) is 6.07 Å². The van der Waals surface area contributed by atoms with Crippen LogP contribution in [0.1, 0.15) is 18.1 Å². The zero-order valence-electron chi connectivity index (χ0n) is 12.9. The molecule has 1 atom stereocenters. The number of hydrogen-bond donors (Lipinski definition) is 1. The van der Waals surface area contributed by atoms with Gasteiger partial charge in [-0.2, -0.15) is 39.5 Å². The van der Waals surface area contributed by atoms with Gasteiger partial charge >= 0.3 is 23.9 Å². The molecule has 25 heavy (non-hydrogen) atoms. The highest BCUT2D eigenvalue weighted by Crippen LogP contribution is 2.55. The summed E-state index contributed by atoms with van der Waals surface area (Å²) in [6.45, 7) is 0. The maximum atomic E-state index is 13.6. The van der Waals surface area contributed by atoms with Gasteiger partial charge in [0.1, 0.15) is 0 Å². The Kier molecular flexibility index (Phi) is 5.63. The van der Waals surface area contributed by atoms with Gasteiger partial charge in [0.05, 0.1) is 6.10 Å². The van der Waals surface area contributed by atoms with Crippen molar-refractivity contribution >= 4 is 5.69 Å². The average molecular weight is 383 g/mol. The van der Waals surface area contributed by atoms with Crippen LogP contribution in [0.4, 0.5) is 45.2 Å². The molecule has 144 valence electrons. The molecule has 0 aliphatic carbocycles. The molecule has 0 saturated carbocycles. The maximum absolute atomic E-state index is 13.6. The van der Waals surface area contributed by atoms with Crippen molar-refractivity contribution in [3.05, 3.63) is 29.8 Å². The fourth-order valence-electron chi connectivity index (χ4n) is 2.07. The molecule has 1 rings (SSSR count). The van der Waals surface area contributed by atoms with Crippen molar-refractivity contribution in [1.82, 2.24) is 0 Å². The summed E-state index contributed by atoms with van der Waals surface area (Å²) in [5.41, 5.74) is -0.213. The summed E-state index contributed by atoms with van der Waals surface area (Å²) in [4.78, 5) is 1.32. The van der Waals surface area contributed by atoms with E-state index in [1.165, 1.54) is 37.2 Å². The number of para-hydroxylation sites is 1. The minimum absolute atomic E-state index is 0.108. The molecule has 0 bridgehead atoms. The Morgan fingerprint density at radius 2 is 1.36 bits per heavy atom. The van der Waals surface area contributed by atoms with Gasteiger partial charge in [-0.1, -0.05) is 18.2 Å². The summed E-state index contributed by atoms with van der Waals surface area (Å²) in [6, 6.07) is 5.07. The van der Waals surface area contributed by atoms with Crippen molar-refractivity contribution in [3.63, 3.8) is 0 Å². The highest BCUT2D eigenvalue weighted by molar-refractivity contribution is 5.53. The quantitative estimate of drug-likeness (QED) is 0.724. The summed E-state index contributed by atoms with van der Waals surface area (Å²) in [5.74, 6) is -19.5. The second-order valence-electron chi connectivity index (χ2n) is 5.52. The summed E-state index contributed by atoms with van der Waals surface area (Å²) in [7, 11) is 2.85. The van der Waals surface area contributed by atoms with E-state index in [0.29, 0.717) is 0 Å². The summed E-state index contributed by atoms with van der Waals surface area (Å²) in [5, 5.41) is 9.75. The van der Waals surface area contributed by atoms with Gasteiger partial charge in [-0.15, -0.1) is 0 Å². The van der Waals surface area contributed by atoms with E-state index in [1.807, 2.05) is 0 Å². The van der Waals surface area contributed by atoms with Crippen LogP contribution in [0.2, 0.25) is 0 Å². The van der Waals surface area contributed by atoms with Crippen LogP contribution in [-0.2, 0) is 0 Å².